The molecule has 0 aromatic carbocycles. The third kappa shape index (κ3) is 9.61. The van der Waals surface area contributed by atoms with Crippen LogP contribution >= 0.6 is 0 Å². The molecule has 0 N–H and O–H groups in total. The van der Waals surface area contributed by atoms with Crippen molar-refractivity contribution in [2.24, 2.45) is 0 Å². The maximum Gasteiger partial charge on any atom is 0.335 e. The lowest BCUT2D eigenvalue weighted by Crippen LogP contribution is -2.32. The van der Waals surface area contributed by atoms with Gasteiger partial charge in [0.15, 0.2) is 0 Å². The molecule has 1 saturated heterocycles. The van der Waals surface area contributed by atoms with Gasteiger partial charge in [0.2, 0.25) is 0 Å². The van der Waals surface area contributed by atoms with Crippen LogP contribution in [0, 0.1) is 0 Å². The summed E-state index contributed by atoms with van der Waals surface area (Å²) in [6.45, 7) is 9.53. The average Bonchev–Trinajstić information content (AvgIpc) is 3.27. The van der Waals surface area contributed by atoms with Crippen molar-refractivity contribution in [2.45, 2.75) is 83.8 Å². The summed E-state index contributed by atoms with van der Waals surface area (Å²) in [7, 11) is 0. The molecule has 2 aliphatic heterocycles. The first-order valence-corrected chi connectivity index (χ1v) is 11.5. The van der Waals surface area contributed by atoms with Gasteiger partial charge in [0.25, 0.3) is 17.7 Å². The third-order valence-corrected chi connectivity index (χ3v) is 5.44. The Balaban J connectivity index is 1.54. The van der Waals surface area contributed by atoms with Crippen molar-refractivity contribution in [1.29, 1.82) is 0 Å². The maximum atomic E-state index is 11.8. The summed E-state index contributed by atoms with van der Waals surface area (Å²) in [6.07, 6.45) is 6.47. The second-order valence-corrected chi connectivity index (χ2v) is 9.39. The van der Waals surface area contributed by atoms with Crippen LogP contribution in [0.15, 0.2) is 12.2 Å². The fourth-order valence-electron chi connectivity index (χ4n) is 3.35. The van der Waals surface area contributed by atoms with Crippen molar-refractivity contribution >= 4 is 23.7 Å². The summed E-state index contributed by atoms with van der Waals surface area (Å²) in [6, 6.07) is 0. The van der Waals surface area contributed by atoms with Crippen molar-refractivity contribution < 1.29 is 38.3 Å². The van der Waals surface area contributed by atoms with Crippen LogP contribution in [-0.4, -0.2) is 71.4 Å². The van der Waals surface area contributed by atoms with E-state index in [2.05, 4.69) is 0 Å². The van der Waals surface area contributed by atoms with Gasteiger partial charge in [-0.25, -0.2) is 9.63 Å². The highest BCUT2D eigenvalue weighted by Gasteiger charge is 2.27. The molecule has 0 atom stereocenters. The normalized spacial score (nSPS) is 16.9. The summed E-state index contributed by atoms with van der Waals surface area (Å²) >= 11 is 0. The molecular formula is C23H36N2O8. The SMILES string of the molecule is CC(C)(CCCCN1C(=O)C=CC1=O)OCCC(C)(C)OCCCC(=O)ON1OCCC1=O. The molecule has 0 aliphatic carbocycles. The Morgan fingerprint density at radius 3 is 2.21 bits per heavy atom. The van der Waals surface area contributed by atoms with E-state index >= 15 is 0 Å². The Bertz CT molecular complexity index is 729. The van der Waals surface area contributed by atoms with Crippen molar-refractivity contribution in [1.82, 2.24) is 10.1 Å². The molecule has 0 spiro atoms. The number of unbranched alkanes of at least 4 members (excludes halogenated alkanes) is 1. The molecule has 2 heterocycles. The van der Waals surface area contributed by atoms with Gasteiger partial charge in [0.1, 0.15) is 0 Å². The van der Waals surface area contributed by atoms with E-state index in [9.17, 15) is 19.2 Å². The Kier molecular flexibility index (Phi) is 10.00. The van der Waals surface area contributed by atoms with Gasteiger partial charge in [0.05, 0.1) is 37.3 Å². The minimum absolute atomic E-state index is 0.122. The number of hydroxylamine groups is 2. The molecule has 0 saturated carbocycles. The van der Waals surface area contributed by atoms with E-state index in [0.29, 0.717) is 37.8 Å². The van der Waals surface area contributed by atoms with E-state index < -0.39 is 11.6 Å². The van der Waals surface area contributed by atoms with E-state index in [0.717, 1.165) is 19.3 Å². The summed E-state index contributed by atoms with van der Waals surface area (Å²) in [5.74, 6) is -1.39. The van der Waals surface area contributed by atoms with Crippen LogP contribution in [0.25, 0.3) is 0 Å². The number of imide groups is 1. The number of nitrogens with zero attached hydrogens (tertiary/aromatic N) is 2. The Morgan fingerprint density at radius 2 is 1.58 bits per heavy atom. The topological polar surface area (TPSA) is 112 Å². The van der Waals surface area contributed by atoms with Gasteiger partial charge in [-0.15, -0.1) is 0 Å². The smallest absolute Gasteiger partial charge is 0.335 e. The number of ether oxygens (including phenoxy) is 2. The van der Waals surface area contributed by atoms with Crippen molar-refractivity contribution in [3.8, 4) is 0 Å². The van der Waals surface area contributed by atoms with E-state index in [1.54, 1.807) is 0 Å². The predicted octanol–water partition coefficient (Wildman–Crippen LogP) is 2.46. The lowest BCUT2D eigenvalue weighted by molar-refractivity contribution is -0.303. The number of carbonyl (C=O) groups is 4. The highest BCUT2D eigenvalue weighted by molar-refractivity contribution is 6.12. The first kappa shape index (κ1) is 26.9. The molecule has 0 radical (unpaired) electrons. The summed E-state index contributed by atoms with van der Waals surface area (Å²) in [5, 5.41) is 0.648. The molecule has 186 valence electrons. The zero-order valence-corrected chi connectivity index (χ0v) is 20.1. The van der Waals surface area contributed by atoms with Gasteiger partial charge in [-0.05, 0) is 65.0 Å². The summed E-state index contributed by atoms with van der Waals surface area (Å²) in [5.41, 5.74) is -0.746. The minimum Gasteiger partial charge on any atom is -0.375 e. The van der Waals surface area contributed by atoms with Crippen LogP contribution in [0.1, 0.15) is 72.6 Å². The first-order chi connectivity index (χ1) is 15.5. The largest absolute Gasteiger partial charge is 0.375 e. The molecule has 2 rings (SSSR count). The van der Waals surface area contributed by atoms with Gasteiger partial charge in [-0.2, -0.15) is 0 Å². The monoisotopic (exact) mass is 468 g/mol. The van der Waals surface area contributed by atoms with Gasteiger partial charge in [0, 0.05) is 25.3 Å². The number of hydrogen-bond acceptors (Lipinski definition) is 8. The molecular weight excluding hydrogens is 432 g/mol. The Hall–Kier alpha value is -2.30. The van der Waals surface area contributed by atoms with Gasteiger partial charge in [-0.3, -0.25) is 19.3 Å². The van der Waals surface area contributed by atoms with Crippen LogP contribution in [-0.2, 0) is 38.3 Å². The van der Waals surface area contributed by atoms with E-state index in [1.165, 1.54) is 17.1 Å². The second-order valence-electron chi connectivity index (χ2n) is 9.39. The quantitative estimate of drug-likeness (QED) is 0.266. The molecule has 0 aromatic rings. The van der Waals surface area contributed by atoms with E-state index in [4.69, 9.17) is 19.1 Å². The molecule has 10 heteroatoms. The lowest BCUT2D eigenvalue weighted by atomic mass is 10.0. The van der Waals surface area contributed by atoms with Gasteiger partial charge < -0.3 is 14.3 Å². The average molecular weight is 469 g/mol. The number of rotatable bonds is 15. The number of amides is 3. The number of hydrogen-bond donors (Lipinski definition) is 0. The maximum absolute atomic E-state index is 11.8. The fraction of sp³-hybridized carbons (Fsp3) is 0.739. The molecule has 0 aromatic heterocycles. The molecule has 10 nitrogen and oxygen atoms in total. The van der Waals surface area contributed by atoms with Crippen LogP contribution in [0.3, 0.4) is 0 Å². The van der Waals surface area contributed by atoms with Crippen LogP contribution in [0.5, 0.6) is 0 Å². The van der Waals surface area contributed by atoms with Crippen LogP contribution in [0.2, 0.25) is 0 Å². The second kappa shape index (κ2) is 12.2. The van der Waals surface area contributed by atoms with E-state index in [1.807, 2.05) is 27.7 Å². The van der Waals surface area contributed by atoms with E-state index in [-0.39, 0.29) is 42.8 Å². The first-order valence-electron chi connectivity index (χ1n) is 11.5. The molecule has 1 fully saturated rings. The highest BCUT2D eigenvalue weighted by atomic mass is 17.0. The molecule has 0 bridgehead atoms. The fourth-order valence-corrected chi connectivity index (χ4v) is 3.35. The standard InChI is InChI=1S/C23H36N2O8/c1-22(2,12-5-6-14-24-18(26)9-10-19(24)27)31-17-13-23(3,4)30-15-7-8-21(29)33-25-20(28)11-16-32-25/h9-10H,5-8,11-17H2,1-4H3. The summed E-state index contributed by atoms with van der Waals surface area (Å²) < 4.78 is 11.9. The Labute approximate surface area is 195 Å². The lowest BCUT2D eigenvalue weighted by Gasteiger charge is -2.30. The zero-order valence-electron chi connectivity index (χ0n) is 20.1. The van der Waals surface area contributed by atoms with Crippen LogP contribution in [0.4, 0.5) is 0 Å². The highest BCUT2D eigenvalue weighted by Crippen LogP contribution is 2.22. The van der Waals surface area contributed by atoms with Gasteiger partial charge >= 0.3 is 5.97 Å². The molecule has 3 amide bonds. The van der Waals surface area contributed by atoms with Crippen molar-refractivity contribution in [2.75, 3.05) is 26.4 Å². The predicted molar refractivity (Wildman–Crippen MR) is 117 cm³/mol. The third-order valence-electron chi connectivity index (χ3n) is 5.44. The summed E-state index contributed by atoms with van der Waals surface area (Å²) in [4.78, 5) is 57.2. The Morgan fingerprint density at radius 1 is 0.939 bits per heavy atom. The van der Waals surface area contributed by atoms with Gasteiger partial charge in [-0.1, -0.05) is 0 Å². The molecule has 2 aliphatic rings. The van der Waals surface area contributed by atoms with Crippen LogP contribution < -0.4 is 0 Å². The van der Waals surface area contributed by atoms with Crippen molar-refractivity contribution in [3.05, 3.63) is 12.2 Å². The molecule has 33 heavy (non-hydrogen) atoms. The minimum atomic E-state index is -0.536. The number of carbonyl (C=O) groups excluding carboxylic acids is 4. The van der Waals surface area contributed by atoms with Crippen molar-refractivity contribution in [3.63, 3.8) is 0 Å². The zero-order chi connectivity index (χ0) is 24.5. The molecule has 0 unspecified atom stereocenters.